The number of methoxy groups -OCH3 is 3. The minimum Gasteiger partial charge on any atom is -0.493 e. The summed E-state index contributed by atoms with van der Waals surface area (Å²) in [4.78, 5) is 27.0. The van der Waals surface area contributed by atoms with Crippen LogP contribution in [0.2, 0.25) is 0 Å². The molecule has 0 spiro atoms. The second-order valence-electron chi connectivity index (χ2n) is 10.8. The van der Waals surface area contributed by atoms with Crippen LogP contribution in [0.4, 0.5) is 4.79 Å². The van der Waals surface area contributed by atoms with Crippen molar-refractivity contribution in [1.29, 1.82) is 0 Å². The van der Waals surface area contributed by atoms with Gasteiger partial charge < -0.3 is 23.7 Å². The van der Waals surface area contributed by atoms with Gasteiger partial charge in [0.05, 0.1) is 26.2 Å². The molecule has 0 N–H and O–H groups in total. The van der Waals surface area contributed by atoms with Crippen LogP contribution in [-0.2, 0) is 15.9 Å². The largest absolute Gasteiger partial charge is 0.509 e. The van der Waals surface area contributed by atoms with Crippen molar-refractivity contribution in [2.24, 2.45) is 17.8 Å². The summed E-state index contributed by atoms with van der Waals surface area (Å²) in [6, 6.07) is 7.23. The predicted octanol–water partition coefficient (Wildman–Crippen LogP) is 7.06. The highest BCUT2D eigenvalue weighted by molar-refractivity contribution is 7.98. The lowest BCUT2D eigenvalue weighted by Gasteiger charge is -2.36. The Bertz CT molecular complexity index is 1260. The normalized spacial score (nSPS) is 22.3. The van der Waals surface area contributed by atoms with Crippen LogP contribution in [0, 0.1) is 17.8 Å². The first kappa shape index (κ1) is 29.1. The van der Waals surface area contributed by atoms with Crippen molar-refractivity contribution in [3.8, 4) is 28.4 Å². The van der Waals surface area contributed by atoms with Gasteiger partial charge in [-0.2, -0.15) is 0 Å². The fourth-order valence-corrected chi connectivity index (χ4v) is 6.54. The second-order valence-corrected chi connectivity index (χ2v) is 11.7. The summed E-state index contributed by atoms with van der Waals surface area (Å²) < 4.78 is 29.1. The van der Waals surface area contributed by atoms with E-state index in [2.05, 4.69) is 20.8 Å². The zero-order chi connectivity index (χ0) is 28.3. The van der Waals surface area contributed by atoms with E-state index >= 15 is 0 Å². The van der Waals surface area contributed by atoms with Crippen LogP contribution in [0.3, 0.4) is 0 Å². The van der Waals surface area contributed by atoms with E-state index in [9.17, 15) is 9.59 Å². The molecule has 2 aliphatic rings. The van der Waals surface area contributed by atoms with Gasteiger partial charge in [0.25, 0.3) is 0 Å². The number of hydrogen-bond donors (Lipinski definition) is 0. The van der Waals surface area contributed by atoms with Crippen LogP contribution >= 0.6 is 11.8 Å². The van der Waals surface area contributed by atoms with Crippen molar-refractivity contribution >= 4 is 17.9 Å². The Balaban J connectivity index is 1.78. The lowest BCUT2D eigenvalue weighted by atomic mass is 9.75. The molecule has 0 aromatic heterocycles. The summed E-state index contributed by atoms with van der Waals surface area (Å²) in [5.74, 6) is 2.74. The van der Waals surface area contributed by atoms with E-state index in [4.69, 9.17) is 23.7 Å². The topological polar surface area (TPSA) is 80.3 Å². The Labute approximate surface area is 235 Å². The van der Waals surface area contributed by atoms with Gasteiger partial charge in [0.2, 0.25) is 5.75 Å². The van der Waals surface area contributed by atoms with E-state index in [0.717, 1.165) is 36.0 Å². The molecule has 0 heterocycles. The Morgan fingerprint density at radius 1 is 0.974 bits per heavy atom. The van der Waals surface area contributed by atoms with Crippen molar-refractivity contribution in [1.82, 2.24) is 0 Å². The molecule has 0 amide bonds. The number of carbonyl (C=O) groups excluding carboxylic acids is 1. The molecule has 212 valence electrons. The summed E-state index contributed by atoms with van der Waals surface area (Å²) in [7, 11) is 4.73. The summed E-state index contributed by atoms with van der Waals surface area (Å²) >= 11 is 1.38. The maximum atomic E-state index is 13.3. The number of ether oxygens (including phenoxy) is 5. The smallest absolute Gasteiger partial charge is 0.493 e. The number of aryl methyl sites for hydroxylation is 1. The van der Waals surface area contributed by atoms with E-state index in [-0.39, 0.29) is 11.5 Å². The highest BCUT2D eigenvalue weighted by atomic mass is 32.2. The molecule has 1 unspecified atom stereocenters. The molecule has 0 saturated heterocycles. The lowest BCUT2D eigenvalue weighted by molar-refractivity contribution is -0.0467. The van der Waals surface area contributed by atoms with Crippen molar-refractivity contribution in [3.05, 3.63) is 45.6 Å². The van der Waals surface area contributed by atoms with E-state index in [0.29, 0.717) is 58.3 Å². The summed E-state index contributed by atoms with van der Waals surface area (Å²) in [6.45, 7) is 6.55. The number of carbonyl (C=O) groups is 1. The van der Waals surface area contributed by atoms with Gasteiger partial charge in [0, 0.05) is 11.1 Å². The molecule has 8 heteroatoms. The maximum Gasteiger partial charge on any atom is 0.509 e. The number of benzene rings is 1. The highest BCUT2D eigenvalue weighted by Gasteiger charge is 2.36. The van der Waals surface area contributed by atoms with Crippen LogP contribution in [-0.4, -0.2) is 39.8 Å². The molecule has 2 aliphatic carbocycles. The Hall–Kier alpha value is -2.87. The third kappa shape index (κ3) is 6.01. The van der Waals surface area contributed by atoms with Crippen LogP contribution in [0.15, 0.2) is 34.0 Å². The average Bonchev–Trinajstić information content (AvgIpc) is 3.15. The average molecular weight is 557 g/mol. The minimum atomic E-state index is -0.687. The van der Waals surface area contributed by atoms with Gasteiger partial charge in [-0.3, -0.25) is 4.79 Å². The molecule has 1 fully saturated rings. The summed E-state index contributed by atoms with van der Waals surface area (Å²) in [6.07, 6.45) is 4.38. The van der Waals surface area contributed by atoms with Gasteiger partial charge in [-0.15, -0.1) is 11.8 Å². The summed E-state index contributed by atoms with van der Waals surface area (Å²) in [5.41, 5.74) is 3.00. The molecule has 0 radical (unpaired) electrons. The zero-order valence-electron chi connectivity index (χ0n) is 24.0. The van der Waals surface area contributed by atoms with Gasteiger partial charge in [-0.05, 0) is 79.0 Å². The number of hydrogen-bond acceptors (Lipinski definition) is 8. The van der Waals surface area contributed by atoms with Crippen LogP contribution in [0.5, 0.6) is 17.2 Å². The maximum absolute atomic E-state index is 13.3. The molecule has 4 rings (SSSR count). The molecular formula is C31H40O7S. The van der Waals surface area contributed by atoms with Crippen LogP contribution in [0.25, 0.3) is 11.1 Å². The zero-order valence-corrected chi connectivity index (χ0v) is 24.8. The number of fused-ring (bicyclic) bond motifs is 3. The molecule has 1 saturated carbocycles. The fourth-order valence-electron chi connectivity index (χ4n) is 6.07. The van der Waals surface area contributed by atoms with Gasteiger partial charge >= 0.3 is 6.16 Å². The molecule has 2 aromatic carbocycles. The molecule has 39 heavy (non-hydrogen) atoms. The van der Waals surface area contributed by atoms with Gasteiger partial charge in [0.15, 0.2) is 16.9 Å². The SMILES string of the molecule is COc1cc2c(c(OC)c1OC)-c1ccc(SC)c(=O)cc1C(OC(=O)O[C@@H]1C[C@H](C)CC[C@H]1C(C)C)CC2. The minimum absolute atomic E-state index is 0.130. The molecular weight excluding hydrogens is 516 g/mol. The highest BCUT2D eigenvalue weighted by Crippen LogP contribution is 2.50. The summed E-state index contributed by atoms with van der Waals surface area (Å²) in [5, 5.41) is 0. The third-order valence-corrected chi connectivity index (χ3v) is 8.89. The van der Waals surface area contributed by atoms with Crippen molar-refractivity contribution in [2.75, 3.05) is 27.6 Å². The predicted molar refractivity (Wildman–Crippen MR) is 153 cm³/mol. The number of thioether (sulfide) groups is 1. The first-order chi connectivity index (χ1) is 18.7. The van der Waals surface area contributed by atoms with Gasteiger partial charge in [-0.25, -0.2) is 4.79 Å². The van der Waals surface area contributed by atoms with Crippen LogP contribution < -0.4 is 19.6 Å². The second kappa shape index (κ2) is 12.5. The van der Waals surface area contributed by atoms with E-state index in [1.165, 1.54) is 11.8 Å². The molecule has 7 nitrogen and oxygen atoms in total. The standard InChI is InChI=1S/C31H40O7S/c1-17(2)20-10-8-18(3)14-25(20)38-31(33)37-24-12-9-19-15-26(34-4)29(35-5)30(36-6)28(19)21-11-13-27(39-7)23(32)16-22(21)24/h11,13,15-18,20,24-25H,8-10,12,14H2,1-7H3/t18-,20+,24?,25-/m1/s1. The third-order valence-electron chi connectivity index (χ3n) is 8.11. The Morgan fingerprint density at radius 3 is 2.36 bits per heavy atom. The molecule has 2 aromatic rings. The number of rotatable bonds is 7. The van der Waals surface area contributed by atoms with Crippen molar-refractivity contribution in [3.63, 3.8) is 0 Å². The fraction of sp³-hybridized carbons (Fsp3) is 0.548. The monoisotopic (exact) mass is 556 g/mol. The Morgan fingerprint density at radius 2 is 1.72 bits per heavy atom. The lowest BCUT2D eigenvalue weighted by Crippen LogP contribution is -2.36. The van der Waals surface area contributed by atoms with Crippen molar-refractivity contribution < 1.29 is 28.5 Å². The quantitative estimate of drug-likeness (QED) is 0.265. The molecule has 0 aliphatic heterocycles. The van der Waals surface area contributed by atoms with E-state index < -0.39 is 12.3 Å². The van der Waals surface area contributed by atoms with Gasteiger partial charge in [-0.1, -0.05) is 33.3 Å². The Kier molecular flexibility index (Phi) is 9.36. The molecule has 0 bridgehead atoms. The first-order valence-electron chi connectivity index (χ1n) is 13.6. The van der Waals surface area contributed by atoms with Gasteiger partial charge in [0.1, 0.15) is 12.2 Å². The molecule has 4 atom stereocenters. The first-order valence-corrected chi connectivity index (χ1v) is 14.9. The van der Waals surface area contributed by atoms with E-state index in [1.54, 1.807) is 27.4 Å². The van der Waals surface area contributed by atoms with Crippen LogP contribution in [0.1, 0.15) is 63.7 Å². The van der Waals surface area contributed by atoms with E-state index in [1.807, 2.05) is 24.5 Å². The van der Waals surface area contributed by atoms with Crippen molar-refractivity contribution in [2.45, 2.75) is 70.0 Å².